The number of halogens is 1. The second-order valence-electron chi connectivity index (χ2n) is 5.21. The van der Waals surface area contributed by atoms with Gasteiger partial charge in [0.05, 0.1) is 0 Å². The maximum absolute atomic E-state index is 13.0. The van der Waals surface area contributed by atoms with Gasteiger partial charge in [-0.25, -0.2) is 4.39 Å². The molecule has 3 heteroatoms. The van der Waals surface area contributed by atoms with Gasteiger partial charge in [-0.1, -0.05) is 49.9 Å². The first kappa shape index (κ1) is 18.8. The molecule has 0 saturated carbocycles. The van der Waals surface area contributed by atoms with Gasteiger partial charge in [0.2, 0.25) is 0 Å². The Kier molecular flexibility index (Phi) is 9.70. The molecule has 0 aliphatic rings. The van der Waals surface area contributed by atoms with Crippen LogP contribution in [0.2, 0.25) is 0 Å². The van der Waals surface area contributed by atoms with Crippen LogP contribution >= 0.6 is 9.24 Å². The van der Waals surface area contributed by atoms with Crippen molar-refractivity contribution in [1.82, 2.24) is 5.32 Å². The van der Waals surface area contributed by atoms with E-state index >= 15 is 0 Å². The number of nitrogens with one attached hydrogen (secondary N) is 1. The summed E-state index contributed by atoms with van der Waals surface area (Å²) in [5.41, 5.74) is 2.69. The molecule has 120 valence electrons. The molecule has 0 aliphatic heterocycles. The molecule has 0 aromatic heterocycles. The number of benzene rings is 1. The molecule has 1 aromatic rings. The summed E-state index contributed by atoms with van der Waals surface area (Å²) in [5, 5.41) is 3.38. The normalized spacial score (nSPS) is 13.5. The van der Waals surface area contributed by atoms with Crippen LogP contribution in [-0.2, 0) is 6.16 Å². The van der Waals surface area contributed by atoms with Crippen molar-refractivity contribution in [3.8, 4) is 0 Å². The molecule has 1 aromatic carbocycles. The molecular weight excluding hydrogens is 292 g/mol. The van der Waals surface area contributed by atoms with E-state index < -0.39 is 0 Å². The monoisotopic (exact) mass is 319 g/mol. The summed E-state index contributed by atoms with van der Waals surface area (Å²) in [6.45, 7) is 7.51. The zero-order valence-corrected chi connectivity index (χ0v) is 14.5. The van der Waals surface area contributed by atoms with Gasteiger partial charge < -0.3 is 5.32 Å². The first-order valence-electron chi connectivity index (χ1n) is 7.85. The zero-order chi connectivity index (χ0) is 16.2. The molecule has 0 amide bonds. The summed E-state index contributed by atoms with van der Waals surface area (Å²) >= 11 is 0. The highest BCUT2D eigenvalue weighted by Crippen LogP contribution is 2.25. The van der Waals surface area contributed by atoms with Crippen molar-refractivity contribution in [2.24, 2.45) is 0 Å². The highest BCUT2D eigenvalue weighted by Gasteiger charge is 2.10. The molecule has 1 nitrogen and oxygen atoms in total. The van der Waals surface area contributed by atoms with Gasteiger partial charge in [0.25, 0.3) is 0 Å². The van der Waals surface area contributed by atoms with Crippen molar-refractivity contribution >= 4 is 9.24 Å². The number of hydrogen-bond acceptors (Lipinski definition) is 1. The van der Waals surface area contributed by atoms with Crippen molar-refractivity contribution in [2.45, 2.75) is 31.8 Å². The quantitative estimate of drug-likeness (QED) is 0.358. The molecule has 1 rings (SSSR count). The van der Waals surface area contributed by atoms with E-state index in [0.717, 1.165) is 32.1 Å². The Hall–Kier alpha value is -1.24. The minimum atomic E-state index is -0.301. The predicted octanol–water partition coefficient (Wildman–Crippen LogP) is 5.13. The van der Waals surface area contributed by atoms with Gasteiger partial charge in [-0.05, 0) is 61.3 Å². The largest absolute Gasteiger partial charge is 0.317 e. The molecule has 0 fully saturated rings. The van der Waals surface area contributed by atoms with E-state index in [9.17, 15) is 4.39 Å². The lowest BCUT2D eigenvalue weighted by atomic mass is 9.91. The summed E-state index contributed by atoms with van der Waals surface area (Å²) in [4.78, 5) is 0. The maximum atomic E-state index is 13.0. The van der Waals surface area contributed by atoms with Crippen LogP contribution in [0.1, 0.15) is 36.8 Å². The molecule has 0 spiro atoms. The Morgan fingerprint density at radius 2 is 2.27 bits per heavy atom. The van der Waals surface area contributed by atoms with E-state index in [1.54, 1.807) is 6.08 Å². The average Bonchev–Trinajstić information content (AvgIpc) is 2.56. The summed E-state index contributed by atoms with van der Waals surface area (Å²) in [6, 6.07) is 8.73. The molecule has 0 heterocycles. The average molecular weight is 319 g/mol. The van der Waals surface area contributed by atoms with Crippen LogP contribution in [0, 0.1) is 0 Å². The predicted molar refractivity (Wildman–Crippen MR) is 98.9 cm³/mol. The zero-order valence-electron chi connectivity index (χ0n) is 13.4. The summed E-state index contributed by atoms with van der Waals surface area (Å²) in [6.07, 6.45) is 9.43. The Balaban J connectivity index is 2.76. The molecular formula is C19H27FNP. The number of hydrogen-bond donors (Lipinski definition) is 1. The summed E-state index contributed by atoms with van der Waals surface area (Å²) in [5.74, 6) is 0.150. The van der Waals surface area contributed by atoms with Crippen molar-refractivity contribution in [1.29, 1.82) is 0 Å². The van der Waals surface area contributed by atoms with Crippen molar-refractivity contribution in [2.75, 3.05) is 13.1 Å². The second-order valence-corrected chi connectivity index (χ2v) is 5.62. The Morgan fingerprint density at radius 1 is 1.45 bits per heavy atom. The molecule has 0 radical (unpaired) electrons. The highest BCUT2D eigenvalue weighted by molar-refractivity contribution is 7.15. The fourth-order valence-corrected chi connectivity index (χ4v) is 2.57. The van der Waals surface area contributed by atoms with Crippen LogP contribution < -0.4 is 5.32 Å². The van der Waals surface area contributed by atoms with Gasteiger partial charge in [-0.3, -0.25) is 0 Å². The second kappa shape index (κ2) is 11.3. The molecule has 0 aliphatic carbocycles. The Labute approximate surface area is 136 Å². The minimum absolute atomic E-state index is 0.301. The molecule has 2 unspecified atom stereocenters. The topological polar surface area (TPSA) is 12.0 Å². The smallest absolute Gasteiger partial charge is 0.122 e. The lowest BCUT2D eigenvalue weighted by Crippen LogP contribution is -2.16. The van der Waals surface area contributed by atoms with Crippen LogP contribution in [-0.4, -0.2) is 13.1 Å². The Morgan fingerprint density at radius 3 is 2.95 bits per heavy atom. The van der Waals surface area contributed by atoms with E-state index in [0.29, 0.717) is 5.92 Å². The fraction of sp³-hybridized carbons (Fsp3) is 0.368. The van der Waals surface area contributed by atoms with Crippen molar-refractivity contribution < 1.29 is 4.39 Å². The first-order chi connectivity index (χ1) is 10.7. The lowest BCUT2D eigenvalue weighted by molar-refractivity contribution is 0.581. The van der Waals surface area contributed by atoms with Crippen molar-refractivity contribution in [3.05, 3.63) is 72.1 Å². The summed E-state index contributed by atoms with van der Waals surface area (Å²) < 4.78 is 13.0. The maximum Gasteiger partial charge on any atom is 0.122 e. The van der Waals surface area contributed by atoms with Crippen LogP contribution in [0.15, 0.2) is 61.0 Å². The lowest BCUT2D eigenvalue weighted by Gasteiger charge is -2.17. The molecule has 0 bridgehead atoms. The third-order valence-corrected chi connectivity index (χ3v) is 4.06. The molecule has 22 heavy (non-hydrogen) atoms. The van der Waals surface area contributed by atoms with Crippen molar-refractivity contribution in [3.63, 3.8) is 0 Å². The minimum Gasteiger partial charge on any atom is -0.317 e. The van der Waals surface area contributed by atoms with Crippen LogP contribution in [0.5, 0.6) is 0 Å². The van der Waals surface area contributed by atoms with Gasteiger partial charge in [0.1, 0.15) is 5.83 Å². The van der Waals surface area contributed by atoms with Gasteiger partial charge >= 0.3 is 0 Å². The molecule has 0 saturated heterocycles. The third kappa shape index (κ3) is 7.15. The van der Waals surface area contributed by atoms with Crippen LogP contribution in [0.4, 0.5) is 4.39 Å². The molecule has 1 N–H and O–H groups in total. The SMILES string of the molecule is C=C/C(F)=C\C=C/CC(CCNCC)c1cccc(CP)c1. The first-order valence-corrected chi connectivity index (χ1v) is 8.67. The van der Waals surface area contributed by atoms with E-state index in [4.69, 9.17) is 0 Å². The van der Waals surface area contributed by atoms with Gasteiger partial charge in [-0.2, -0.15) is 0 Å². The Bertz CT molecular complexity index is 508. The van der Waals surface area contributed by atoms with Gasteiger partial charge in [-0.15, -0.1) is 9.24 Å². The standard InChI is InChI=1S/C19H27FNP/c1-3-19(20)11-6-5-9-17(12-13-21-4-2)18-10-7-8-16(14-18)15-22/h3,5-8,10-11,14,17,21H,1,4,9,12-13,15,22H2,2H3/b6-5-,19-11+. The highest BCUT2D eigenvalue weighted by atomic mass is 31.0. The van der Waals surface area contributed by atoms with E-state index in [1.165, 1.54) is 23.3 Å². The number of rotatable bonds is 10. The third-order valence-electron chi connectivity index (χ3n) is 3.58. The van der Waals surface area contributed by atoms with E-state index in [2.05, 4.69) is 52.3 Å². The fourth-order valence-electron chi connectivity index (χ4n) is 2.32. The molecule has 2 atom stereocenters. The van der Waals surface area contributed by atoms with Crippen LogP contribution in [0.3, 0.4) is 0 Å². The van der Waals surface area contributed by atoms with E-state index in [1.807, 2.05) is 6.08 Å². The summed E-state index contributed by atoms with van der Waals surface area (Å²) in [7, 11) is 2.77. The van der Waals surface area contributed by atoms with Crippen LogP contribution in [0.25, 0.3) is 0 Å². The van der Waals surface area contributed by atoms with Gasteiger partial charge in [0, 0.05) is 0 Å². The number of allylic oxidation sites excluding steroid dienone is 5. The van der Waals surface area contributed by atoms with E-state index in [-0.39, 0.29) is 5.83 Å². The van der Waals surface area contributed by atoms with Gasteiger partial charge in [0.15, 0.2) is 0 Å².